The van der Waals surface area contributed by atoms with Gasteiger partial charge in [-0.15, -0.1) is 11.6 Å². The standard InChI is InChI=1S/C10H18ClNO2/c1-8(11)10(13)12(2)7-9-5-3-4-6-14-9/h8-9H,3-7H2,1-2H3. The molecule has 1 rings (SSSR count). The molecule has 1 fully saturated rings. The van der Waals surface area contributed by atoms with Crippen molar-refractivity contribution in [2.24, 2.45) is 0 Å². The highest BCUT2D eigenvalue weighted by Crippen LogP contribution is 2.14. The number of amides is 1. The zero-order valence-electron chi connectivity index (χ0n) is 8.83. The SMILES string of the molecule is CC(Cl)C(=O)N(C)CC1CCCCO1. The monoisotopic (exact) mass is 219 g/mol. The molecule has 0 bridgehead atoms. The van der Waals surface area contributed by atoms with Gasteiger partial charge in [0.05, 0.1) is 6.10 Å². The van der Waals surface area contributed by atoms with Crippen LogP contribution in [0.4, 0.5) is 0 Å². The second-order valence-electron chi connectivity index (χ2n) is 3.82. The summed E-state index contributed by atoms with van der Waals surface area (Å²) >= 11 is 5.71. The fourth-order valence-corrected chi connectivity index (χ4v) is 1.82. The number of ether oxygens (including phenoxy) is 1. The largest absolute Gasteiger partial charge is 0.376 e. The van der Waals surface area contributed by atoms with Crippen LogP contribution in [0, 0.1) is 0 Å². The smallest absolute Gasteiger partial charge is 0.240 e. The number of hydrogen-bond acceptors (Lipinski definition) is 2. The first-order chi connectivity index (χ1) is 6.61. The van der Waals surface area contributed by atoms with E-state index in [1.807, 2.05) is 0 Å². The van der Waals surface area contributed by atoms with Crippen molar-refractivity contribution in [3.63, 3.8) is 0 Å². The Hall–Kier alpha value is -0.280. The number of carbonyl (C=O) groups excluding carboxylic acids is 1. The Morgan fingerprint density at radius 2 is 2.36 bits per heavy atom. The molecule has 82 valence electrons. The van der Waals surface area contributed by atoms with Crippen LogP contribution in [-0.4, -0.2) is 42.5 Å². The number of likely N-dealkylation sites (N-methyl/N-ethyl adjacent to an activating group) is 1. The molecular weight excluding hydrogens is 202 g/mol. The van der Waals surface area contributed by atoms with Crippen molar-refractivity contribution in [2.45, 2.75) is 37.7 Å². The van der Waals surface area contributed by atoms with E-state index in [0.717, 1.165) is 19.4 Å². The van der Waals surface area contributed by atoms with E-state index in [-0.39, 0.29) is 12.0 Å². The van der Waals surface area contributed by atoms with E-state index >= 15 is 0 Å². The average Bonchev–Trinajstić information content (AvgIpc) is 2.18. The lowest BCUT2D eigenvalue weighted by atomic mass is 10.1. The van der Waals surface area contributed by atoms with Crippen molar-refractivity contribution in [1.82, 2.24) is 4.90 Å². The fourth-order valence-electron chi connectivity index (χ4n) is 1.65. The molecule has 2 unspecified atom stereocenters. The molecule has 0 spiro atoms. The van der Waals surface area contributed by atoms with Gasteiger partial charge >= 0.3 is 0 Å². The number of carbonyl (C=O) groups is 1. The van der Waals surface area contributed by atoms with Crippen molar-refractivity contribution in [2.75, 3.05) is 20.2 Å². The van der Waals surface area contributed by atoms with Gasteiger partial charge in [-0.25, -0.2) is 0 Å². The van der Waals surface area contributed by atoms with Gasteiger partial charge in [-0.2, -0.15) is 0 Å². The average molecular weight is 220 g/mol. The van der Waals surface area contributed by atoms with Gasteiger partial charge in [0.15, 0.2) is 0 Å². The Morgan fingerprint density at radius 3 is 2.86 bits per heavy atom. The van der Waals surface area contributed by atoms with Crippen LogP contribution in [-0.2, 0) is 9.53 Å². The van der Waals surface area contributed by atoms with Crippen LogP contribution in [0.5, 0.6) is 0 Å². The fraction of sp³-hybridized carbons (Fsp3) is 0.900. The van der Waals surface area contributed by atoms with Crippen LogP contribution < -0.4 is 0 Å². The number of hydrogen-bond donors (Lipinski definition) is 0. The van der Waals surface area contributed by atoms with Crippen molar-refractivity contribution in [1.29, 1.82) is 0 Å². The van der Waals surface area contributed by atoms with E-state index in [0.29, 0.717) is 6.54 Å². The lowest BCUT2D eigenvalue weighted by Crippen LogP contribution is -2.39. The summed E-state index contributed by atoms with van der Waals surface area (Å²) in [6, 6.07) is 0. The maximum atomic E-state index is 11.5. The summed E-state index contributed by atoms with van der Waals surface area (Å²) < 4.78 is 5.54. The van der Waals surface area contributed by atoms with Crippen molar-refractivity contribution >= 4 is 17.5 Å². The molecule has 0 aromatic rings. The van der Waals surface area contributed by atoms with Gasteiger partial charge in [0, 0.05) is 20.2 Å². The quantitative estimate of drug-likeness (QED) is 0.676. The second kappa shape index (κ2) is 5.56. The predicted molar refractivity (Wildman–Crippen MR) is 56.5 cm³/mol. The summed E-state index contributed by atoms with van der Waals surface area (Å²) in [4.78, 5) is 13.1. The zero-order valence-corrected chi connectivity index (χ0v) is 9.59. The molecule has 1 saturated heterocycles. The van der Waals surface area contributed by atoms with E-state index in [1.54, 1.807) is 18.9 Å². The highest BCUT2D eigenvalue weighted by atomic mass is 35.5. The maximum absolute atomic E-state index is 11.5. The molecule has 1 heterocycles. The lowest BCUT2D eigenvalue weighted by molar-refractivity contribution is -0.131. The van der Waals surface area contributed by atoms with Crippen molar-refractivity contribution in [3.8, 4) is 0 Å². The van der Waals surface area contributed by atoms with Gasteiger partial charge in [0.25, 0.3) is 0 Å². The minimum absolute atomic E-state index is 0.0270. The third-order valence-corrected chi connectivity index (χ3v) is 2.65. The van der Waals surface area contributed by atoms with Gasteiger partial charge in [0.2, 0.25) is 5.91 Å². The Bertz CT molecular complexity index is 191. The first-order valence-corrected chi connectivity index (χ1v) is 5.55. The third-order valence-electron chi connectivity index (χ3n) is 2.47. The molecular formula is C10H18ClNO2. The van der Waals surface area contributed by atoms with Gasteiger partial charge < -0.3 is 9.64 Å². The molecule has 0 saturated carbocycles. The highest BCUT2D eigenvalue weighted by molar-refractivity contribution is 6.30. The van der Waals surface area contributed by atoms with Crippen LogP contribution in [0.15, 0.2) is 0 Å². The molecule has 0 aliphatic carbocycles. The minimum Gasteiger partial charge on any atom is -0.376 e. The summed E-state index contributed by atoms with van der Waals surface area (Å²) in [6.45, 7) is 3.18. The summed E-state index contributed by atoms with van der Waals surface area (Å²) in [7, 11) is 1.78. The maximum Gasteiger partial charge on any atom is 0.240 e. The van der Waals surface area contributed by atoms with E-state index in [4.69, 9.17) is 16.3 Å². The van der Waals surface area contributed by atoms with Gasteiger partial charge in [-0.05, 0) is 26.2 Å². The Balaban J connectivity index is 2.31. The number of alkyl halides is 1. The van der Waals surface area contributed by atoms with Crippen LogP contribution in [0.1, 0.15) is 26.2 Å². The summed E-state index contributed by atoms with van der Waals surface area (Å²) in [6.07, 6.45) is 3.59. The molecule has 14 heavy (non-hydrogen) atoms. The van der Waals surface area contributed by atoms with Crippen LogP contribution in [0.2, 0.25) is 0 Å². The number of nitrogens with zero attached hydrogens (tertiary/aromatic N) is 1. The molecule has 1 aliphatic rings. The van der Waals surface area contributed by atoms with E-state index in [2.05, 4.69) is 0 Å². The van der Waals surface area contributed by atoms with E-state index in [1.165, 1.54) is 6.42 Å². The molecule has 3 nitrogen and oxygen atoms in total. The van der Waals surface area contributed by atoms with Crippen molar-refractivity contribution in [3.05, 3.63) is 0 Å². The molecule has 1 aliphatic heterocycles. The lowest BCUT2D eigenvalue weighted by Gasteiger charge is -2.27. The number of rotatable bonds is 3. The predicted octanol–water partition coefficient (Wildman–Crippen LogP) is 1.64. The Kier molecular flexibility index (Phi) is 4.69. The summed E-state index contributed by atoms with van der Waals surface area (Å²) in [5.41, 5.74) is 0. The van der Waals surface area contributed by atoms with Crippen LogP contribution >= 0.6 is 11.6 Å². The number of halogens is 1. The zero-order chi connectivity index (χ0) is 10.6. The van der Waals surface area contributed by atoms with Crippen LogP contribution in [0.25, 0.3) is 0 Å². The van der Waals surface area contributed by atoms with E-state index in [9.17, 15) is 4.79 Å². The van der Waals surface area contributed by atoms with Crippen molar-refractivity contribution < 1.29 is 9.53 Å². The second-order valence-corrected chi connectivity index (χ2v) is 4.48. The molecule has 2 atom stereocenters. The Labute approximate surface area is 90.4 Å². The molecule has 0 N–H and O–H groups in total. The molecule has 0 aromatic heterocycles. The molecule has 0 aromatic carbocycles. The highest BCUT2D eigenvalue weighted by Gasteiger charge is 2.20. The molecule has 0 radical (unpaired) electrons. The first-order valence-electron chi connectivity index (χ1n) is 5.12. The molecule has 4 heteroatoms. The van der Waals surface area contributed by atoms with Crippen LogP contribution in [0.3, 0.4) is 0 Å². The first kappa shape index (κ1) is 11.8. The van der Waals surface area contributed by atoms with Gasteiger partial charge in [-0.1, -0.05) is 0 Å². The minimum atomic E-state index is -0.441. The van der Waals surface area contributed by atoms with E-state index < -0.39 is 5.38 Å². The Morgan fingerprint density at radius 1 is 1.64 bits per heavy atom. The summed E-state index contributed by atoms with van der Waals surface area (Å²) in [5.74, 6) is -0.0270. The summed E-state index contributed by atoms with van der Waals surface area (Å²) in [5, 5.41) is -0.441. The van der Waals surface area contributed by atoms with Gasteiger partial charge in [-0.3, -0.25) is 4.79 Å². The topological polar surface area (TPSA) is 29.5 Å². The van der Waals surface area contributed by atoms with Gasteiger partial charge in [0.1, 0.15) is 5.38 Å². The molecule has 1 amide bonds. The normalized spacial score (nSPS) is 24.4. The third kappa shape index (κ3) is 3.46.